The Bertz CT molecular complexity index is 446. The molecule has 3 nitrogen and oxygen atoms in total. The van der Waals surface area contributed by atoms with Gasteiger partial charge in [-0.1, -0.05) is 25.1 Å². The fourth-order valence-electron chi connectivity index (χ4n) is 1.71. The van der Waals surface area contributed by atoms with Crippen molar-refractivity contribution in [3.63, 3.8) is 0 Å². The van der Waals surface area contributed by atoms with Crippen LogP contribution >= 0.6 is 0 Å². The number of alkyl halides is 3. The van der Waals surface area contributed by atoms with Gasteiger partial charge < -0.3 is 10.6 Å². The maximum absolute atomic E-state index is 12.8. The molecule has 0 saturated heterocycles. The second kappa shape index (κ2) is 7.28. The Morgan fingerprint density at radius 2 is 1.95 bits per heavy atom. The van der Waals surface area contributed by atoms with Crippen molar-refractivity contribution in [2.75, 3.05) is 6.54 Å². The summed E-state index contributed by atoms with van der Waals surface area (Å²) in [5, 5.41) is 5.50. The van der Waals surface area contributed by atoms with Gasteiger partial charge in [-0.05, 0) is 25.0 Å². The van der Waals surface area contributed by atoms with Crippen molar-refractivity contribution in [1.29, 1.82) is 0 Å². The first-order valence-electron chi connectivity index (χ1n) is 6.52. The summed E-state index contributed by atoms with van der Waals surface area (Å²) in [6, 6.07) is 4.81. The zero-order chi connectivity index (χ0) is 15.2. The van der Waals surface area contributed by atoms with Crippen molar-refractivity contribution in [3.05, 3.63) is 35.4 Å². The zero-order valence-electron chi connectivity index (χ0n) is 11.6. The molecule has 112 valence electrons. The van der Waals surface area contributed by atoms with Gasteiger partial charge in [0.05, 0.1) is 11.6 Å². The van der Waals surface area contributed by atoms with Gasteiger partial charge in [-0.25, -0.2) is 0 Å². The van der Waals surface area contributed by atoms with Gasteiger partial charge in [0.25, 0.3) is 0 Å². The molecule has 0 aliphatic heterocycles. The number of halogens is 3. The second-order valence-electron chi connectivity index (χ2n) is 4.55. The van der Waals surface area contributed by atoms with Crippen molar-refractivity contribution in [2.45, 2.75) is 39.0 Å². The molecule has 1 aromatic rings. The highest BCUT2D eigenvalue weighted by molar-refractivity contribution is 5.81. The third-order valence-corrected chi connectivity index (χ3v) is 2.86. The number of rotatable bonds is 6. The molecule has 0 fully saturated rings. The number of nitrogens with one attached hydrogen (secondary N) is 2. The second-order valence-corrected chi connectivity index (χ2v) is 4.55. The minimum atomic E-state index is -4.38. The summed E-state index contributed by atoms with van der Waals surface area (Å²) in [6.45, 7) is 4.11. The molecule has 6 heteroatoms. The fourth-order valence-corrected chi connectivity index (χ4v) is 1.71. The van der Waals surface area contributed by atoms with Crippen LogP contribution in [0.5, 0.6) is 0 Å². The van der Waals surface area contributed by atoms with Gasteiger partial charge in [0, 0.05) is 13.1 Å². The van der Waals surface area contributed by atoms with Gasteiger partial charge in [0.1, 0.15) is 0 Å². The molecule has 0 heterocycles. The molecule has 0 saturated carbocycles. The summed E-state index contributed by atoms with van der Waals surface area (Å²) < 4.78 is 38.4. The van der Waals surface area contributed by atoms with E-state index in [0.29, 0.717) is 6.54 Å². The summed E-state index contributed by atoms with van der Waals surface area (Å²) in [6.07, 6.45) is -3.57. The van der Waals surface area contributed by atoms with Crippen LogP contribution < -0.4 is 10.6 Å². The first kappa shape index (κ1) is 16.5. The maximum Gasteiger partial charge on any atom is 0.416 e. The standard InChI is InChI=1S/C14H19F3N2O/c1-3-8-18-13(20)10(2)19-9-11-6-4-5-7-12(11)14(15,16)17/h4-7,10,19H,3,8-9H2,1-2H3,(H,18,20). The van der Waals surface area contributed by atoms with Crippen LogP contribution in [-0.2, 0) is 17.5 Å². The molecule has 0 bridgehead atoms. The molecule has 2 N–H and O–H groups in total. The smallest absolute Gasteiger partial charge is 0.355 e. The highest BCUT2D eigenvalue weighted by atomic mass is 19.4. The van der Waals surface area contributed by atoms with Crippen LogP contribution in [0.15, 0.2) is 24.3 Å². The Kier molecular flexibility index (Phi) is 6.01. The SMILES string of the molecule is CCCNC(=O)C(C)NCc1ccccc1C(F)(F)F. The normalized spacial score (nSPS) is 13.1. The summed E-state index contributed by atoms with van der Waals surface area (Å²) in [7, 11) is 0. The quantitative estimate of drug-likeness (QED) is 0.845. The van der Waals surface area contributed by atoms with Crippen LogP contribution in [0.25, 0.3) is 0 Å². The number of benzene rings is 1. The molecule has 1 aromatic carbocycles. The van der Waals surface area contributed by atoms with Crippen molar-refractivity contribution in [3.8, 4) is 0 Å². The largest absolute Gasteiger partial charge is 0.416 e. The molecule has 0 aromatic heterocycles. The van der Waals surface area contributed by atoms with Gasteiger partial charge in [0.15, 0.2) is 0 Å². The van der Waals surface area contributed by atoms with Crippen molar-refractivity contribution >= 4 is 5.91 Å². The Labute approximate surface area is 116 Å². The lowest BCUT2D eigenvalue weighted by Crippen LogP contribution is -2.42. The van der Waals surface area contributed by atoms with E-state index in [1.807, 2.05) is 6.92 Å². The van der Waals surface area contributed by atoms with Crippen LogP contribution in [0.1, 0.15) is 31.4 Å². The molecule has 0 radical (unpaired) electrons. The van der Waals surface area contributed by atoms with Gasteiger partial charge in [-0.2, -0.15) is 13.2 Å². The predicted molar refractivity (Wildman–Crippen MR) is 71.0 cm³/mol. The van der Waals surface area contributed by atoms with Crippen LogP contribution in [0, 0.1) is 0 Å². The van der Waals surface area contributed by atoms with E-state index in [0.717, 1.165) is 12.5 Å². The summed E-state index contributed by atoms with van der Waals surface area (Å²) in [4.78, 5) is 11.6. The first-order chi connectivity index (χ1) is 9.36. The average Bonchev–Trinajstić information content (AvgIpc) is 2.41. The molecule has 0 aliphatic carbocycles. The van der Waals surface area contributed by atoms with E-state index in [4.69, 9.17) is 0 Å². The van der Waals surface area contributed by atoms with Crippen molar-refractivity contribution in [2.24, 2.45) is 0 Å². The van der Waals surface area contributed by atoms with Gasteiger partial charge in [0.2, 0.25) is 5.91 Å². The van der Waals surface area contributed by atoms with Gasteiger partial charge in [-0.15, -0.1) is 0 Å². The topological polar surface area (TPSA) is 41.1 Å². The Morgan fingerprint density at radius 1 is 1.30 bits per heavy atom. The van der Waals surface area contributed by atoms with Crippen LogP contribution in [0.2, 0.25) is 0 Å². The first-order valence-corrected chi connectivity index (χ1v) is 6.52. The highest BCUT2D eigenvalue weighted by Gasteiger charge is 2.32. The molecule has 1 unspecified atom stereocenters. The highest BCUT2D eigenvalue weighted by Crippen LogP contribution is 2.31. The van der Waals surface area contributed by atoms with Gasteiger partial charge >= 0.3 is 6.18 Å². The lowest BCUT2D eigenvalue weighted by Gasteiger charge is -2.16. The van der Waals surface area contributed by atoms with Crippen LogP contribution in [-0.4, -0.2) is 18.5 Å². The van der Waals surface area contributed by atoms with E-state index >= 15 is 0 Å². The maximum atomic E-state index is 12.8. The summed E-state index contributed by atoms with van der Waals surface area (Å²) in [5.74, 6) is -0.212. The lowest BCUT2D eigenvalue weighted by molar-refractivity contribution is -0.138. The Balaban J connectivity index is 2.64. The van der Waals surface area contributed by atoms with E-state index in [1.54, 1.807) is 13.0 Å². The number of carbonyl (C=O) groups excluding carboxylic acids is 1. The third-order valence-electron chi connectivity index (χ3n) is 2.86. The number of hydrogen-bond donors (Lipinski definition) is 2. The van der Waals surface area contributed by atoms with E-state index in [9.17, 15) is 18.0 Å². The molecule has 0 aliphatic rings. The third kappa shape index (κ3) is 4.85. The summed E-state index contributed by atoms with van der Waals surface area (Å²) in [5.41, 5.74) is -0.538. The van der Waals surface area contributed by atoms with E-state index in [-0.39, 0.29) is 18.0 Å². The van der Waals surface area contributed by atoms with E-state index in [2.05, 4.69) is 10.6 Å². The fraction of sp³-hybridized carbons (Fsp3) is 0.500. The monoisotopic (exact) mass is 288 g/mol. The van der Waals surface area contributed by atoms with Gasteiger partial charge in [-0.3, -0.25) is 4.79 Å². The Morgan fingerprint density at radius 3 is 2.55 bits per heavy atom. The van der Waals surface area contributed by atoms with E-state index in [1.165, 1.54) is 12.1 Å². The molecular weight excluding hydrogens is 269 g/mol. The van der Waals surface area contributed by atoms with E-state index < -0.39 is 17.8 Å². The molecule has 1 atom stereocenters. The molecular formula is C14H19F3N2O. The Hall–Kier alpha value is -1.56. The molecule has 1 amide bonds. The van der Waals surface area contributed by atoms with Crippen LogP contribution in [0.4, 0.5) is 13.2 Å². The number of hydrogen-bond acceptors (Lipinski definition) is 2. The minimum absolute atomic E-state index is 0.00358. The lowest BCUT2D eigenvalue weighted by atomic mass is 10.1. The number of carbonyl (C=O) groups is 1. The molecule has 20 heavy (non-hydrogen) atoms. The van der Waals surface area contributed by atoms with Crippen molar-refractivity contribution in [1.82, 2.24) is 10.6 Å². The van der Waals surface area contributed by atoms with Crippen molar-refractivity contribution < 1.29 is 18.0 Å². The predicted octanol–water partition coefficient (Wildman–Crippen LogP) is 2.71. The number of amides is 1. The molecule has 0 spiro atoms. The minimum Gasteiger partial charge on any atom is -0.355 e. The average molecular weight is 288 g/mol. The zero-order valence-corrected chi connectivity index (χ0v) is 11.6. The molecule has 1 rings (SSSR count). The summed E-state index contributed by atoms with van der Waals surface area (Å²) >= 11 is 0. The van der Waals surface area contributed by atoms with Crippen LogP contribution in [0.3, 0.4) is 0 Å².